The highest BCUT2D eigenvalue weighted by Crippen LogP contribution is 2.29. The summed E-state index contributed by atoms with van der Waals surface area (Å²) in [6.07, 6.45) is 1.48. The molecule has 0 bridgehead atoms. The molecule has 0 aliphatic rings. The third-order valence-corrected chi connectivity index (χ3v) is 2.84. The SMILES string of the molecule is CCNc1ncnc(Nc2ccc(F)cc2OC)c1C. The number of hydrogen-bond acceptors (Lipinski definition) is 5. The van der Waals surface area contributed by atoms with Crippen LogP contribution >= 0.6 is 0 Å². The Morgan fingerprint density at radius 2 is 2.00 bits per heavy atom. The van der Waals surface area contributed by atoms with Gasteiger partial charge >= 0.3 is 0 Å². The van der Waals surface area contributed by atoms with E-state index in [1.807, 2.05) is 13.8 Å². The van der Waals surface area contributed by atoms with Gasteiger partial charge in [0.25, 0.3) is 0 Å². The van der Waals surface area contributed by atoms with Crippen LogP contribution in [0, 0.1) is 12.7 Å². The van der Waals surface area contributed by atoms with Gasteiger partial charge in [0.15, 0.2) is 0 Å². The standard InChI is InChI=1S/C14H17FN4O/c1-4-16-13-9(2)14(18-8-17-13)19-11-6-5-10(15)7-12(11)20-3/h5-8H,4H2,1-3H3,(H2,16,17,18,19). The van der Waals surface area contributed by atoms with Crippen molar-refractivity contribution in [3.63, 3.8) is 0 Å². The molecular formula is C14H17FN4O. The minimum Gasteiger partial charge on any atom is -0.494 e. The number of ether oxygens (including phenoxy) is 1. The normalized spacial score (nSPS) is 10.2. The Bertz CT molecular complexity index is 604. The van der Waals surface area contributed by atoms with E-state index in [0.29, 0.717) is 17.3 Å². The van der Waals surface area contributed by atoms with Crippen molar-refractivity contribution < 1.29 is 9.13 Å². The largest absolute Gasteiger partial charge is 0.494 e. The van der Waals surface area contributed by atoms with E-state index in [9.17, 15) is 4.39 Å². The number of halogens is 1. The van der Waals surface area contributed by atoms with Gasteiger partial charge in [0.1, 0.15) is 29.5 Å². The van der Waals surface area contributed by atoms with Crippen LogP contribution in [0.1, 0.15) is 12.5 Å². The molecule has 1 heterocycles. The van der Waals surface area contributed by atoms with Crippen LogP contribution in [-0.2, 0) is 0 Å². The molecule has 5 nitrogen and oxygen atoms in total. The highest BCUT2D eigenvalue weighted by molar-refractivity contribution is 5.68. The van der Waals surface area contributed by atoms with Crippen molar-refractivity contribution in [3.8, 4) is 5.75 Å². The Kier molecular flexibility index (Phi) is 4.34. The summed E-state index contributed by atoms with van der Waals surface area (Å²) in [5.74, 6) is 1.50. The van der Waals surface area contributed by atoms with Gasteiger partial charge in [-0.1, -0.05) is 0 Å². The maximum atomic E-state index is 13.2. The van der Waals surface area contributed by atoms with E-state index < -0.39 is 0 Å². The lowest BCUT2D eigenvalue weighted by Crippen LogP contribution is -2.06. The Hall–Kier alpha value is -2.37. The first kappa shape index (κ1) is 14.0. The minimum atomic E-state index is -0.347. The Labute approximate surface area is 117 Å². The summed E-state index contributed by atoms with van der Waals surface area (Å²) in [5, 5.41) is 6.29. The van der Waals surface area contributed by atoms with Crippen LogP contribution in [0.3, 0.4) is 0 Å². The molecule has 0 aliphatic heterocycles. The number of methoxy groups -OCH3 is 1. The van der Waals surface area contributed by atoms with E-state index in [1.54, 1.807) is 6.07 Å². The van der Waals surface area contributed by atoms with Crippen molar-refractivity contribution in [3.05, 3.63) is 35.9 Å². The van der Waals surface area contributed by atoms with Crippen molar-refractivity contribution in [1.82, 2.24) is 9.97 Å². The summed E-state index contributed by atoms with van der Waals surface area (Å²) in [5.41, 5.74) is 1.54. The average Bonchev–Trinajstić information content (AvgIpc) is 2.45. The van der Waals surface area contributed by atoms with Gasteiger partial charge in [0.2, 0.25) is 0 Å². The van der Waals surface area contributed by atoms with Crippen LogP contribution in [0.2, 0.25) is 0 Å². The Balaban J connectivity index is 2.33. The zero-order valence-corrected chi connectivity index (χ0v) is 11.7. The number of aromatic nitrogens is 2. The second-order valence-electron chi connectivity index (χ2n) is 4.20. The second-order valence-corrected chi connectivity index (χ2v) is 4.20. The number of nitrogens with zero attached hydrogens (tertiary/aromatic N) is 2. The molecule has 2 N–H and O–H groups in total. The van der Waals surface area contributed by atoms with Gasteiger partial charge in [-0.15, -0.1) is 0 Å². The number of nitrogens with one attached hydrogen (secondary N) is 2. The number of anilines is 3. The summed E-state index contributed by atoms with van der Waals surface area (Å²) in [4.78, 5) is 8.38. The van der Waals surface area contributed by atoms with Crippen molar-refractivity contribution in [2.75, 3.05) is 24.3 Å². The molecule has 2 rings (SSSR count). The van der Waals surface area contributed by atoms with Crippen molar-refractivity contribution in [1.29, 1.82) is 0 Å². The van der Waals surface area contributed by atoms with Gasteiger partial charge in [-0.2, -0.15) is 0 Å². The van der Waals surface area contributed by atoms with Crippen LogP contribution in [0.25, 0.3) is 0 Å². The fourth-order valence-corrected chi connectivity index (χ4v) is 1.82. The van der Waals surface area contributed by atoms with Crippen LogP contribution < -0.4 is 15.4 Å². The van der Waals surface area contributed by atoms with Crippen LogP contribution in [0.4, 0.5) is 21.7 Å². The number of benzene rings is 1. The summed E-state index contributed by atoms with van der Waals surface area (Å²) in [7, 11) is 1.50. The minimum absolute atomic E-state index is 0.347. The van der Waals surface area contributed by atoms with E-state index in [0.717, 1.165) is 17.9 Å². The van der Waals surface area contributed by atoms with E-state index in [1.165, 1.54) is 25.6 Å². The van der Waals surface area contributed by atoms with E-state index >= 15 is 0 Å². The molecule has 0 atom stereocenters. The second kappa shape index (κ2) is 6.18. The maximum Gasteiger partial charge on any atom is 0.145 e. The average molecular weight is 276 g/mol. The molecule has 0 saturated heterocycles. The Morgan fingerprint density at radius 3 is 2.70 bits per heavy atom. The fraction of sp³-hybridized carbons (Fsp3) is 0.286. The lowest BCUT2D eigenvalue weighted by molar-refractivity contribution is 0.413. The van der Waals surface area contributed by atoms with Gasteiger partial charge in [0.05, 0.1) is 12.8 Å². The van der Waals surface area contributed by atoms with Gasteiger partial charge in [-0.25, -0.2) is 14.4 Å². The first-order valence-electron chi connectivity index (χ1n) is 6.31. The van der Waals surface area contributed by atoms with Crippen molar-refractivity contribution >= 4 is 17.3 Å². The van der Waals surface area contributed by atoms with E-state index in [4.69, 9.17) is 4.74 Å². The zero-order chi connectivity index (χ0) is 14.5. The highest BCUT2D eigenvalue weighted by Gasteiger charge is 2.10. The third kappa shape index (κ3) is 2.96. The van der Waals surface area contributed by atoms with Gasteiger partial charge in [-0.05, 0) is 26.0 Å². The molecule has 0 unspecified atom stereocenters. The smallest absolute Gasteiger partial charge is 0.145 e. The van der Waals surface area contributed by atoms with Gasteiger partial charge in [0, 0.05) is 18.2 Å². The topological polar surface area (TPSA) is 59.1 Å². The molecule has 1 aromatic heterocycles. The van der Waals surface area contributed by atoms with Crippen LogP contribution in [-0.4, -0.2) is 23.6 Å². The summed E-state index contributed by atoms with van der Waals surface area (Å²) < 4.78 is 18.3. The lowest BCUT2D eigenvalue weighted by atomic mass is 10.2. The fourth-order valence-electron chi connectivity index (χ4n) is 1.82. The molecule has 2 aromatic rings. The van der Waals surface area contributed by atoms with Crippen LogP contribution in [0.5, 0.6) is 5.75 Å². The molecule has 0 amide bonds. The molecule has 6 heteroatoms. The number of rotatable bonds is 5. The summed E-state index contributed by atoms with van der Waals surface area (Å²) >= 11 is 0. The maximum absolute atomic E-state index is 13.2. The third-order valence-electron chi connectivity index (χ3n) is 2.84. The first-order chi connectivity index (χ1) is 9.65. The quantitative estimate of drug-likeness (QED) is 0.878. The van der Waals surface area contributed by atoms with E-state index in [2.05, 4.69) is 20.6 Å². The Morgan fingerprint density at radius 1 is 1.25 bits per heavy atom. The molecule has 0 fully saturated rings. The van der Waals surface area contributed by atoms with Crippen LogP contribution in [0.15, 0.2) is 24.5 Å². The summed E-state index contributed by atoms with van der Waals surface area (Å²) in [6.45, 7) is 4.69. The molecule has 0 radical (unpaired) electrons. The van der Waals surface area contributed by atoms with Gasteiger partial charge in [-0.3, -0.25) is 0 Å². The molecule has 1 aromatic carbocycles. The number of hydrogen-bond donors (Lipinski definition) is 2. The predicted molar refractivity (Wildman–Crippen MR) is 77.2 cm³/mol. The molecule has 0 aliphatic carbocycles. The predicted octanol–water partition coefficient (Wildman–Crippen LogP) is 3.11. The highest BCUT2D eigenvalue weighted by atomic mass is 19.1. The molecule has 20 heavy (non-hydrogen) atoms. The van der Waals surface area contributed by atoms with Gasteiger partial charge < -0.3 is 15.4 Å². The van der Waals surface area contributed by atoms with Crippen molar-refractivity contribution in [2.45, 2.75) is 13.8 Å². The summed E-state index contributed by atoms with van der Waals surface area (Å²) in [6, 6.07) is 4.30. The molecule has 106 valence electrons. The van der Waals surface area contributed by atoms with Crippen molar-refractivity contribution in [2.24, 2.45) is 0 Å². The zero-order valence-electron chi connectivity index (χ0n) is 11.7. The van der Waals surface area contributed by atoms with E-state index in [-0.39, 0.29) is 5.82 Å². The lowest BCUT2D eigenvalue weighted by Gasteiger charge is -2.14. The molecule has 0 spiro atoms. The molecule has 0 saturated carbocycles. The monoisotopic (exact) mass is 276 g/mol. The first-order valence-corrected chi connectivity index (χ1v) is 6.31. The molecular weight excluding hydrogens is 259 g/mol.